The molecule has 3 heterocycles. The van der Waals surface area contributed by atoms with Gasteiger partial charge in [0.05, 0.1) is 5.56 Å². The van der Waals surface area contributed by atoms with Gasteiger partial charge in [-0.25, -0.2) is 4.79 Å². The Morgan fingerprint density at radius 3 is 2.48 bits per heavy atom. The molecule has 1 aromatic heterocycles. The summed E-state index contributed by atoms with van der Waals surface area (Å²) in [7, 11) is 0. The average Bonchev–Trinajstić information content (AvgIpc) is 2.70. The van der Waals surface area contributed by atoms with Crippen LogP contribution in [0.5, 0.6) is 0 Å². The topological polar surface area (TPSA) is 57.3 Å². The van der Waals surface area contributed by atoms with E-state index in [2.05, 4.69) is 51.8 Å². The molecule has 4 nitrogen and oxygen atoms in total. The lowest BCUT2D eigenvalue weighted by Gasteiger charge is -2.48. The normalized spacial score (nSPS) is 19.1. The SMILES string of the molecule is C=C/C=C(\C=C)SC(=N)c1cc2cc3c4c(c2oc1=O)C(C)(C)CCN4CCC3(C)C. The van der Waals surface area contributed by atoms with E-state index in [9.17, 15) is 4.79 Å². The number of nitrogens with zero attached hydrogens (tertiary/aromatic N) is 1. The number of fused-ring (bicyclic) bond motifs is 2. The highest BCUT2D eigenvalue weighted by molar-refractivity contribution is 8.17. The van der Waals surface area contributed by atoms with E-state index in [1.54, 1.807) is 18.2 Å². The Hall–Kier alpha value is -2.53. The van der Waals surface area contributed by atoms with Crippen molar-refractivity contribution >= 4 is 33.5 Å². The average molecular weight is 435 g/mol. The first kappa shape index (κ1) is 21.7. The van der Waals surface area contributed by atoms with Crippen LogP contribution in [0.15, 0.2) is 57.6 Å². The van der Waals surface area contributed by atoms with E-state index in [0.29, 0.717) is 5.58 Å². The molecule has 0 saturated carbocycles. The van der Waals surface area contributed by atoms with Gasteiger partial charge in [0.1, 0.15) is 10.6 Å². The molecule has 1 aromatic carbocycles. The van der Waals surface area contributed by atoms with Crippen LogP contribution in [0, 0.1) is 5.41 Å². The second-order valence-electron chi connectivity index (χ2n) is 9.71. The fraction of sp³-hybridized carbons (Fsp3) is 0.385. The third-order valence-electron chi connectivity index (χ3n) is 6.68. The minimum absolute atomic E-state index is 0.0451. The Labute approximate surface area is 188 Å². The lowest BCUT2D eigenvalue weighted by Crippen LogP contribution is -2.44. The molecule has 0 aliphatic carbocycles. The van der Waals surface area contributed by atoms with Crippen LogP contribution in [-0.4, -0.2) is 18.1 Å². The van der Waals surface area contributed by atoms with E-state index in [-0.39, 0.29) is 21.4 Å². The number of hydrogen-bond donors (Lipinski definition) is 1. The minimum Gasteiger partial charge on any atom is -0.422 e. The quantitative estimate of drug-likeness (QED) is 0.266. The Bertz CT molecular complexity index is 1200. The maximum Gasteiger partial charge on any atom is 0.346 e. The van der Waals surface area contributed by atoms with Crippen LogP contribution in [-0.2, 0) is 10.8 Å². The number of hydrogen-bond acceptors (Lipinski definition) is 5. The molecule has 31 heavy (non-hydrogen) atoms. The van der Waals surface area contributed by atoms with Crippen LogP contribution in [0.4, 0.5) is 5.69 Å². The Morgan fingerprint density at radius 2 is 1.84 bits per heavy atom. The Kier molecular flexibility index (Phi) is 5.29. The van der Waals surface area contributed by atoms with Gasteiger partial charge < -0.3 is 9.32 Å². The molecule has 2 aliphatic rings. The number of allylic oxidation sites excluding steroid dienone is 3. The summed E-state index contributed by atoms with van der Waals surface area (Å²) in [5, 5.41) is 9.56. The standard InChI is InChI=1S/C26H30N2O2S/c1-7-9-17(8-2)31-23(27)18-14-16-15-19-21-20(22(16)30-24(18)29)26(5,6)11-13-28(21)12-10-25(19,3)4/h7-9,14-15,27H,1-2,10-13H2,3-6H3/b17-9+,27-23?. The van der Waals surface area contributed by atoms with Gasteiger partial charge in [0.25, 0.3) is 0 Å². The molecular formula is C26H30N2O2S. The summed E-state index contributed by atoms with van der Waals surface area (Å²) >= 11 is 1.18. The van der Waals surface area contributed by atoms with Crippen molar-refractivity contribution in [3.8, 4) is 0 Å². The molecule has 162 valence electrons. The maximum atomic E-state index is 13.0. The summed E-state index contributed by atoms with van der Waals surface area (Å²) in [6, 6.07) is 4.02. The first-order chi connectivity index (χ1) is 14.6. The van der Waals surface area contributed by atoms with E-state index in [1.807, 2.05) is 6.07 Å². The van der Waals surface area contributed by atoms with Gasteiger partial charge in [-0.2, -0.15) is 0 Å². The van der Waals surface area contributed by atoms with E-state index in [0.717, 1.165) is 41.8 Å². The molecule has 0 unspecified atom stereocenters. The summed E-state index contributed by atoms with van der Waals surface area (Å²) in [4.78, 5) is 16.2. The molecular weight excluding hydrogens is 404 g/mol. The molecule has 0 atom stereocenters. The van der Waals surface area contributed by atoms with Crippen LogP contribution in [0.1, 0.15) is 57.2 Å². The van der Waals surface area contributed by atoms with Crippen molar-refractivity contribution < 1.29 is 4.42 Å². The molecule has 4 rings (SSSR count). The highest BCUT2D eigenvalue weighted by atomic mass is 32.2. The van der Waals surface area contributed by atoms with Gasteiger partial charge in [0, 0.05) is 34.6 Å². The lowest BCUT2D eigenvalue weighted by atomic mass is 9.69. The zero-order valence-corrected chi connectivity index (χ0v) is 19.6. The molecule has 0 fully saturated rings. The zero-order valence-electron chi connectivity index (χ0n) is 18.8. The van der Waals surface area contributed by atoms with Crippen molar-refractivity contribution in [2.75, 3.05) is 18.0 Å². The third kappa shape index (κ3) is 3.59. The highest BCUT2D eigenvalue weighted by Gasteiger charge is 2.42. The minimum atomic E-state index is -0.466. The van der Waals surface area contributed by atoms with Crippen molar-refractivity contribution in [1.29, 1.82) is 5.41 Å². The first-order valence-corrected chi connectivity index (χ1v) is 11.5. The van der Waals surface area contributed by atoms with E-state index in [1.165, 1.54) is 23.0 Å². The van der Waals surface area contributed by atoms with Crippen LogP contribution < -0.4 is 10.5 Å². The summed E-state index contributed by atoms with van der Waals surface area (Å²) in [6.45, 7) is 18.6. The number of rotatable bonds is 4. The van der Waals surface area contributed by atoms with Crippen molar-refractivity contribution in [3.05, 3.63) is 75.5 Å². The van der Waals surface area contributed by atoms with Gasteiger partial charge in [-0.1, -0.05) is 64.8 Å². The fourth-order valence-electron chi connectivity index (χ4n) is 4.74. The van der Waals surface area contributed by atoms with Crippen LogP contribution in [0.2, 0.25) is 0 Å². The van der Waals surface area contributed by atoms with Crippen LogP contribution in [0.3, 0.4) is 0 Å². The second-order valence-corrected chi connectivity index (χ2v) is 10.8. The molecule has 2 aliphatic heterocycles. The molecule has 0 amide bonds. The van der Waals surface area contributed by atoms with E-state index < -0.39 is 5.63 Å². The van der Waals surface area contributed by atoms with Crippen molar-refractivity contribution in [2.24, 2.45) is 0 Å². The predicted molar refractivity (Wildman–Crippen MR) is 133 cm³/mol. The molecule has 0 bridgehead atoms. The molecule has 0 radical (unpaired) electrons. The first-order valence-electron chi connectivity index (χ1n) is 10.7. The van der Waals surface area contributed by atoms with Crippen molar-refractivity contribution in [1.82, 2.24) is 0 Å². The Morgan fingerprint density at radius 1 is 1.16 bits per heavy atom. The van der Waals surface area contributed by atoms with Gasteiger partial charge in [-0.15, -0.1) is 0 Å². The zero-order chi connectivity index (χ0) is 22.6. The predicted octanol–water partition coefficient (Wildman–Crippen LogP) is 6.28. The van der Waals surface area contributed by atoms with Crippen LogP contribution >= 0.6 is 11.8 Å². The number of benzene rings is 1. The van der Waals surface area contributed by atoms with Crippen molar-refractivity contribution in [3.63, 3.8) is 0 Å². The summed E-state index contributed by atoms with van der Waals surface area (Å²) in [5.74, 6) is 0. The Balaban J connectivity index is 1.96. The molecule has 5 heteroatoms. The van der Waals surface area contributed by atoms with Crippen molar-refractivity contribution in [2.45, 2.75) is 51.4 Å². The third-order valence-corrected chi connectivity index (χ3v) is 7.64. The van der Waals surface area contributed by atoms with Gasteiger partial charge in [0.2, 0.25) is 0 Å². The molecule has 1 N–H and O–H groups in total. The number of anilines is 1. The highest BCUT2D eigenvalue weighted by Crippen LogP contribution is 2.51. The van der Waals surface area contributed by atoms with E-state index in [4.69, 9.17) is 9.83 Å². The van der Waals surface area contributed by atoms with Gasteiger partial charge in [0.15, 0.2) is 0 Å². The second kappa shape index (κ2) is 7.56. The smallest absolute Gasteiger partial charge is 0.346 e. The molecule has 2 aromatic rings. The maximum absolute atomic E-state index is 13.0. The van der Waals surface area contributed by atoms with Gasteiger partial charge in [-0.05, 0) is 47.4 Å². The molecule has 0 spiro atoms. The lowest BCUT2D eigenvalue weighted by molar-refractivity contribution is 0.398. The summed E-state index contributed by atoms with van der Waals surface area (Å²) in [6.07, 6.45) is 7.19. The number of thioether (sulfide) groups is 1. The van der Waals surface area contributed by atoms with E-state index >= 15 is 0 Å². The number of nitrogens with one attached hydrogen (secondary N) is 1. The van der Waals surface area contributed by atoms with Gasteiger partial charge >= 0.3 is 5.63 Å². The van der Waals surface area contributed by atoms with Gasteiger partial charge in [-0.3, -0.25) is 5.41 Å². The summed E-state index contributed by atoms with van der Waals surface area (Å²) < 4.78 is 5.96. The monoisotopic (exact) mass is 434 g/mol. The van der Waals surface area contributed by atoms with Crippen LogP contribution in [0.25, 0.3) is 11.0 Å². The summed E-state index contributed by atoms with van der Waals surface area (Å²) in [5.41, 5.74) is 4.14. The largest absolute Gasteiger partial charge is 0.422 e. The molecule has 0 saturated heterocycles. The fourth-order valence-corrected chi connectivity index (χ4v) is 5.48.